The van der Waals surface area contributed by atoms with Gasteiger partial charge in [0.1, 0.15) is 11.3 Å². The molecule has 0 aliphatic rings. The van der Waals surface area contributed by atoms with Crippen molar-refractivity contribution in [1.29, 1.82) is 0 Å². The SMILES string of the molecule is Nc1nc(Cl)c2[nH]c(=S)n(Cc3c(F)ccc(F)c3F)c2n1. The number of benzene rings is 1. The van der Waals surface area contributed by atoms with Gasteiger partial charge >= 0.3 is 0 Å². The summed E-state index contributed by atoms with van der Waals surface area (Å²) < 4.78 is 42.2. The van der Waals surface area contributed by atoms with Crippen molar-refractivity contribution in [3.05, 3.63) is 45.1 Å². The molecule has 10 heteroatoms. The molecule has 1 aromatic carbocycles. The number of fused-ring (bicyclic) bond motifs is 1. The molecule has 3 rings (SSSR count). The van der Waals surface area contributed by atoms with Crippen LogP contribution in [0.25, 0.3) is 11.2 Å². The molecule has 0 atom stereocenters. The van der Waals surface area contributed by atoms with Crippen molar-refractivity contribution in [2.75, 3.05) is 5.73 Å². The number of nitrogens with one attached hydrogen (secondary N) is 1. The number of H-pyrrole nitrogens is 1. The molecule has 0 fully saturated rings. The van der Waals surface area contributed by atoms with Crippen LogP contribution in [0.15, 0.2) is 12.1 Å². The molecule has 0 amide bonds. The fourth-order valence-corrected chi connectivity index (χ4v) is 2.50. The Kier molecular flexibility index (Phi) is 3.53. The quantitative estimate of drug-likeness (QED) is 0.425. The van der Waals surface area contributed by atoms with E-state index in [2.05, 4.69) is 15.0 Å². The third kappa shape index (κ3) is 2.32. The molecule has 0 saturated heterocycles. The first kappa shape index (κ1) is 14.8. The molecule has 0 spiro atoms. The van der Waals surface area contributed by atoms with Gasteiger partial charge in [0.25, 0.3) is 0 Å². The molecule has 2 aromatic heterocycles. The highest BCUT2D eigenvalue weighted by molar-refractivity contribution is 7.71. The topological polar surface area (TPSA) is 72.5 Å². The van der Waals surface area contributed by atoms with Gasteiger partial charge in [0.2, 0.25) is 5.95 Å². The van der Waals surface area contributed by atoms with Gasteiger partial charge < -0.3 is 10.7 Å². The molecule has 0 aliphatic carbocycles. The van der Waals surface area contributed by atoms with Crippen LogP contribution >= 0.6 is 23.8 Å². The predicted molar refractivity (Wildman–Crippen MR) is 77.6 cm³/mol. The van der Waals surface area contributed by atoms with E-state index in [0.29, 0.717) is 6.07 Å². The van der Waals surface area contributed by atoms with Crippen molar-refractivity contribution < 1.29 is 13.2 Å². The molecule has 3 N–H and O–H groups in total. The van der Waals surface area contributed by atoms with Crippen LogP contribution in [-0.2, 0) is 6.54 Å². The summed E-state index contributed by atoms with van der Waals surface area (Å²) in [5.74, 6) is -3.47. The number of nitrogens with two attached hydrogens (primary N) is 1. The number of halogens is 4. The Hall–Kier alpha value is -2.13. The fourth-order valence-electron chi connectivity index (χ4n) is 2.03. The van der Waals surface area contributed by atoms with Crippen LogP contribution in [0, 0.1) is 22.2 Å². The number of anilines is 1. The zero-order valence-corrected chi connectivity index (χ0v) is 12.3. The Balaban J connectivity index is 2.23. The van der Waals surface area contributed by atoms with E-state index in [-0.39, 0.29) is 33.6 Å². The molecule has 3 aromatic rings. The van der Waals surface area contributed by atoms with Gasteiger partial charge in [0.05, 0.1) is 6.54 Å². The molecular weight excluding hydrogens is 339 g/mol. The number of nitrogens with zero attached hydrogens (tertiary/aromatic N) is 3. The Morgan fingerprint density at radius 2 is 1.91 bits per heavy atom. The van der Waals surface area contributed by atoms with Gasteiger partial charge in [0, 0.05) is 5.56 Å². The first-order valence-electron chi connectivity index (χ1n) is 5.92. The summed E-state index contributed by atoms with van der Waals surface area (Å²) in [5, 5.41) is 0.0209. The van der Waals surface area contributed by atoms with E-state index in [1.807, 2.05) is 0 Å². The summed E-state index contributed by atoms with van der Waals surface area (Å²) in [4.78, 5) is 10.4. The lowest BCUT2D eigenvalue weighted by Gasteiger charge is -2.08. The van der Waals surface area contributed by atoms with E-state index >= 15 is 0 Å². The van der Waals surface area contributed by atoms with Crippen molar-refractivity contribution in [2.24, 2.45) is 0 Å². The van der Waals surface area contributed by atoms with Gasteiger partial charge in [-0.05, 0) is 24.4 Å². The second-order valence-corrected chi connectivity index (χ2v) is 5.15. The second kappa shape index (κ2) is 5.25. The van der Waals surface area contributed by atoms with Gasteiger partial charge in [-0.25, -0.2) is 13.2 Å². The molecular formula is C12H7ClF3N5S. The van der Waals surface area contributed by atoms with Gasteiger partial charge in [-0.15, -0.1) is 0 Å². The molecule has 0 aliphatic heterocycles. The smallest absolute Gasteiger partial charge is 0.223 e. The van der Waals surface area contributed by atoms with Crippen LogP contribution < -0.4 is 5.73 Å². The molecule has 22 heavy (non-hydrogen) atoms. The predicted octanol–water partition coefficient (Wildman–Crippen LogP) is 3.19. The lowest BCUT2D eigenvalue weighted by atomic mass is 10.2. The van der Waals surface area contributed by atoms with E-state index in [1.165, 1.54) is 4.57 Å². The maximum atomic E-state index is 13.8. The lowest BCUT2D eigenvalue weighted by molar-refractivity contribution is 0.475. The molecule has 0 radical (unpaired) electrons. The summed E-state index contributed by atoms with van der Waals surface area (Å²) in [6, 6.07) is 1.54. The standard InChI is InChI=1S/C12H7ClF3N5S/c13-9-8-10(20-11(17)19-9)21(12(22)18-8)3-4-5(14)1-2-6(15)7(4)16/h1-2H,3H2,(H,18,22)(H2,17,19,20). The van der Waals surface area contributed by atoms with Crippen molar-refractivity contribution >= 4 is 40.9 Å². The van der Waals surface area contributed by atoms with Crippen molar-refractivity contribution in [3.63, 3.8) is 0 Å². The Morgan fingerprint density at radius 3 is 2.64 bits per heavy atom. The van der Waals surface area contributed by atoms with Gasteiger partial charge in [-0.1, -0.05) is 11.6 Å². The van der Waals surface area contributed by atoms with Crippen LogP contribution in [0.2, 0.25) is 5.15 Å². The van der Waals surface area contributed by atoms with Crippen LogP contribution in [-0.4, -0.2) is 19.5 Å². The third-order valence-corrected chi connectivity index (χ3v) is 3.65. The average molecular weight is 346 g/mol. The zero-order valence-electron chi connectivity index (χ0n) is 10.7. The van der Waals surface area contributed by atoms with Crippen molar-refractivity contribution in [1.82, 2.24) is 19.5 Å². The minimum absolute atomic E-state index is 0.0209. The van der Waals surface area contributed by atoms with Gasteiger partial charge in [0.15, 0.2) is 27.2 Å². The molecule has 0 bridgehead atoms. The number of nitrogen functional groups attached to an aromatic ring is 1. The van der Waals surface area contributed by atoms with E-state index < -0.39 is 23.0 Å². The number of rotatable bonds is 2. The first-order valence-corrected chi connectivity index (χ1v) is 6.71. The highest BCUT2D eigenvalue weighted by Crippen LogP contribution is 2.23. The molecule has 2 heterocycles. The first-order chi connectivity index (χ1) is 10.4. The third-order valence-electron chi connectivity index (χ3n) is 3.05. The van der Waals surface area contributed by atoms with Gasteiger partial charge in [-0.3, -0.25) is 4.57 Å². The Morgan fingerprint density at radius 1 is 1.23 bits per heavy atom. The number of hydrogen-bond acceptors (Lipinski definition) is 4. The number of aromatic amines is 1. The summed E-state index contributed by atoms with van der Waals surface area (Å²) in [6.07, 6.45) is 0. The summed E-state index contributed by atoms with van der Waals surface area (Å²) in [7, 11) is 0. The fraction of sp³-hybridized carbons (Fsp3) is 0.0833. The number of hydrogen-bond donors (Lipinski definition) is 2. The Labute approximate surface area is 131 Å². The highest BCUT2D eigenvalue weighted by atomic mass is 35.5. The summed E-state index contributed by atoms with van der Waals surface area (Å²) >= 11 is 11.0. The van der Waals surface area contributed by atoms with Crippen LogP contribution in [0.5, 0.6) is 0 Å². The lowest BCUT2D eigenvalue weighted by Crippen LogP contribution is -2.08. The normalized spacial score (nSPS) is 11.3. The van der Waals surface area contributed by atoms with Crippen molar-refractivity contribution in [3.8, 4) is 0 Å². The second-order valence-electron chi connectivity index (χ2n) is 4.41. The monoisotopic (exact) mass is 345 g/mol. The summed E-state index contributed by atoms with van der Waals surface area (Å²) in [6.45, 7) is -0.374. The minimum atomic E-state index is -1.29. The summed E-state index contributed by atoms with van der Waals surface area (Å²) in [5.41, 5.74) is 5.47. The average Bonchev–Trinajstić information content (AvgIpc) is 2.76. The largest absolute Gasteiger partial charge is 0.368 e. The highest BCUT2D eigenvalue weighted by Gasteiger charge is 2.18. The molecule has 114 valence electrons. The number of aromatic nitrogens is 4. The maximum absolute atomic E-state index is 13.8. The zero-order chi connectivity index (χ0) is 16.0. The van der Waals surface area contributed by atoms with Crippen LogP contribution in [0.4, 0.5) is 19.1 Å². The Bertz CT molecular complexity index is 952. The number of imidazole rings is 1. The van der Waals surface area contributed by atoms with Crippen molar-refractivity contribution in [2.45, 2.75) is 6.54 Å². The van der Waals surface area contributed by atoms with E-state index in [0.717, 1.165) is 6.07 Å². The van der Waals surface area contributed by atoms with E-state index in [9.17, 15) is 13.2 Å². The molecule has 0 saturated carbocycles. The minimum Gasteiger partial charge on any atom is -0.368 e. The van der Waals surface area contributed by atoms with Gasteiger partial charge in [-0.2, -0.15) is 9.97 Å². The van der Waals surface area contributed by atoms with E-state index in [1.54, 1.807) is 0 Å². The van der Waals surface area contributed by atoms with Crippen LogP contribution in [0.3, 0.4) is 0 Å². The maximum Gasteiger partial charge on any atom is 0.223 e. The van der Waals surface area contributed by atoms with Crippen LogP contribution in [0.1, 0.15) is 5.56 Å². The van der Waals surface area contributed by atoms with E-state index in [4.69, 9.17) is 29.6 Å². The molecule has 0 unspecified atom stereocenters. The molecule has 5 nitrogen and oxygen atoms in total.